The first-order chi connectivity index (χ1) is 12.3. The van der Waals surface area contributed by atoms with E-state index in [9.17, 15) is 0 Å². The Balaban J connectivity index is 1.20. The smallest absolute Gasteiger partial charge is 0.225 e. The maximum atomic E-state index is 6.08. The van der Waals surface area contributed by atoms with Gasteiger partial charge in [-0.2, -0.15) is 0 Å². The predicted molar refractivity (Wildman–Crippen MR) is 94.6 cm³/mol. The lowest BCUT2D eigenvalue weighted by Crippen LogP contribution is -2.41. The molecule has 0 saturated carbocycles. The highest BCUT2D eigenvalue weighted by Crippen LogP contribution is 2.42. The van der Waals surface area contributed by atoms with Crippen molar-refractivity contribution < 1.29 is 14.2 Å². The van der Waals surface area contributed by atoms with E-state index in [1.165, 1.54) is 0 Å². The van der Waals surface area contributed by atoms with Crippen molar-refractivity contribution in [1.29, 1.82) is 0 Å². The lowest BCUT2D eigenvalue weighted by atomic mass is 9.77. The molecule has 3 fully saturated rings. The topological polar surface area (TPSA) is 56.7 Å². The van der Waals surface area contributed by atoms with Crippen LogP contribution in [0, 0.1) is 11.3 Å². The Labute approximate surface area is 149 Å². The maximum Gasteiger partial charge on any atom is 0.225 e. The molecule has 3 saturated heterocycles. The number of hydrogen-bond acceptors (Lipinski definition) is 6. The van der Waals surface area contributed by atoms with Crippen LogP contribution >= 0.6 is 0 Å². The van der Waals surface area contributed by atoms with Gasteiger partial charge in [-0.1, -0.05) is 0 Å². The summed E-state index contributed by atoms with van der Waals surface area (Å²) in [5.41, 5.74) is 0.331. The molecule has 25 heavy (non-hydrogen) atoms. The summed E-state index contributed by atoms with van der Waals surface area (Å²) >= 11 is 0. The van der Waals surface area contributed by atoms with Gasteiger partial charge in [-0.3, -0.25) is 0 Å². The van der Waals surface area contributed by atoms with Crippen molar-refractivity contribution in [1.82, 2.24) is 9.97 Å². The lowest BCUT2D eigenvalue weighted by Gasteiger charge is -2.38. The van der Waals surface area contributed by atoms with Gasteiger partial charge in [0.15, 0.2) is 0 Å². The number of piperidine rings is 1. The van der Waals surface area contributed by atoms with Crippen LogP contribution in [0.5, 0.6) is 0 Å². The van der Waals surface area contributed by atoms with Gasteiger partial charge >= 0.3 is 0 Å². The first-order valence-electron chi connectivity index (χ1n) is 9.62. The first-order valence-corrected chi connectivity index (χ1v) is 9.62. The summed E-state index contributed by atoms with van der Waals surface area (Å²) in [7, 11) is 0. The molecule has 1 aromatic heterocycles. The quantitative estimate of drug-likeness (QED) is 0.815. The number of anilines is 1. The van der Waals surface area contributed by atoms with E-state index in [2.05, 4.69) is 14.9 Å². The van der Waals surface area contributed by atoms with Crippen LogP contribution in [0.4, 0.5) is 5.95 Å². The molecule has 0 aromatic carbocycles. The van der Waals surface area contributed by atoms with Gasteiger partial charge in [0.2, 0.25) is 5.95 Å². The van der Waals surface area contributed by atoms with E-state index >= 15 is 0 Å². The number of rotatable bonds is 5. The average Bonchev–Trinajstić information content (AvgIpc) is 3.06. The van der Waals surface area contributed by atoms with Gasteiger partial charge in [0.25, 0.3) is 0 Å². The average molecular weight is 347 g/mol. The maximum absolute atomic E-state index is 6.08. The van der Waals surface area contributed by atoms with Gasteiger partial charge in [-0.05, 0) is 49.5 Å². The highest BCUT2D eigenvalue weighted by atomic mass is 16.5. The summed E-state index contributed by atoms with van der Waals surface area (Å²) in [6, 6.07) is 1.87. The molecule has 3 aliphatic heterocycles. The second-order valence-electron chi connectivity index (χ2n) is 7.77. The second kappa shape index (κ2) is 7.98. The minimum Gasteiger partial charge on any atom is -0.381 e. The van der Waals surface area contributed by atoms with Crippen LogP contribution in [0.25, 0.3) is 0 Å². The number of nitrogens with zero attached hydrogens (tertiary/aromatic N) is 3. The fourth-order valence-electron chi connectivity index (χ4n) is 4.27. The van der Waals surface area contributed by atoms with Gasteiger partial charge in [-0.25, -0.2) is 9.97 Å². The van der Waals surface area contributed by atoms with E-state index in [0.29, 0.717) is 11.3 Å². The minimum atomic E-state index is 0.263. The van der Waals surface area contributed by atoms with Crippen LogP contribution in [0.2, 0.25) is 0 Å². The van der Waals surface area contributed by atoms with Crippen LogP contribution in [0.3, 0.4) is 0 Å². The third-order valence-electron chi connectivity index (χ3n) is 5.94. The SMILES string of the molecule is c1cnc(N2CCC3(CC2)COC(COCC2CCOCC2)C3)nc1. The van der Waals surface area contributed by atoms with Crippen molar-refractivity contribution in [3.8, 4) is 0 Å². The summed E-state index contributed by atoms with van der Waals surface area (Å²) in [6.45, 7) is 6.28. The van der Waals surface area contributed by atoms with Crippen molar-refractivity contribution in [3.05, 3.63) is 18.5 Å². The highest BCUT2D eigenvalue weighted by Gasteiger charge is 2.42. The molecule has 1 unspecified atom stereocenters. The third kappa shape index (κ3) is 4.30. The molecule has 0 amide bonds. The van der Waals surface area contributed by atoms with E-state index in [4.69, 9.17) is 14.2 Å². The molecule has 0 aliphatic carbocycles. The van der Waals surface area contributed by atoms with E-state index in [-0.39, 0.29) is 6.10 Å². The Bertz CT molecular complexity index is 528. The summed E-state index contributed by atoms with van der Waals surface area (Å²) < 4.78 is 17.4. The van der Waals surface area contributed by atoms with Crippen molar-refractivity contribution in [2.45, 2.75) is 38.2 Å². The van der Waals surface area contributed by atoms with Crippen molar-refractivity contribution in [2.24, 2.45) is 11.3 Å². The molecule has 0 N–H and O–H groups in total. The van der Waals surface area contributed by atoms with Crippen molar-refractivity contribution in [3.63, 3.8) is 0 Å². The Morgan fingerprint density at radius 3 is 2.64 bits per heavy atom. The summed E-state index contributed by atoms with van der Waals surface area (Å²) in [4.78, 5) is 11.0. The monoisotopic (exact) mass is 347 g/mol. The van der Waals surface area contributed by atoms with E-state index in [1.807, 2.05) is 18.5 Å². The Morgan fingerprint density at radius 2 is 1.88 bits per heavy atom. The molecule has 1 spiro atoms. The first kappa shape index (κ1) is 17.2. The van der Waals surface area contributed by atoms with Gasteiger partial charge in [0.05, 0.1) is 19.3 Å². The minimum absolute atomic E-state index is 0.263. The van der Waals surface area contributed by atoms with Gasteiger partial charge in [0.1, 0.15) is 0 Å². The zero-order valence-electron chi connectivity index (χ0n) is 14.9. The molecule has 4 rings (SSSR count). The number of ether oxygens (including phenoxy) is 3. The molecule has 0 radical (unpaired) electrons. The molecule has 6 nitrogen and oxygen atoms in total. The molecular weight excluding hydrogens is 318 g/mol. The zero-order chi connectivity index (χ0) is 17.0. The Hall–Kier alpha value is -1.24. The van der Waals surface area contributed by atoms with Crippen molar-refractivity contribution in [2.75, 3.05) is 51.0 Å². The van der Waals surface area contributed by atoms with E-state index in [1.54, 1.807) is 0 Å². The fraction of sp³-hybridized carbons (Fsp3) is 0.789. The van der Waals surface area contributed by atoms with Crippen LogP contribution in [0.15, 0.2) is 18.5 Å². The Morgan fingerprint density at radius 1 is 1.12 bits per heavy atom. The highest BCUT2D eigenvalue weighted by molar-refractivity contribution is 5.29. The normalized spacial score (nSPS) is 27.0. The molecule has 6 heteroatoms. The third-order valence-corrected chi connectivity index (χ3v) is 5.94. The molecule has 1 atom stereocenters. The van der Waals surface area contributed by atoms with Crippen LogP contribution < -0.4 is 4.90 Å². The summed E-state index contributed by atoms with van der Waals surface area (Å²) in [6.07, 6.45) is 9.60. The summed E-state index contributed by atoms with van der Waals surface area (Å²) in [5.74, 6) is 1.52. The van der Waals surface area contributed by atoms with Crippen LogP contribution in [-0.2, 0) is 14.2 Å². The largest absolute Gasteiger partial charge is 0.381 e. The van der Waals surface area contributed by atoms with E-state index < -0.39 is 0 Å². The predicted octanol–water partition coefficient (Wildman–Crippen LogP) is 2.30. The van der Waals surface area contributed by atoms with E-state index in [0.717, 1.165) is 84.2 Å². The second-order valence-corrected chi connectivity index (χ2v) is 7.77. The lowest BCUT2D eigenvalue weighted by molar-refractivity contribution is -0.0179. The summed E-state index contributed by atoms with van der Waals surface area (Å²) in [5, 5.41) is 0. The van der Waals surface area contributed by atoms with Gasteiger partial charge in [-0.15, -0.1) is 0 Å². The Kier molecular flexibility index (Phi) is 5.48. The van der Waals surface area contributed by atoms with Crippen molar-refractivity contribution >= 4 is 5.95 Å². The molecule has 138 valence electrons. The molecular formula is C19H29N3O3. The van der Waals surface area contributed by atoms with Crippen LogP contribution in [-0.4, -0.2) is 62.2 Å². The zero-order valence-corrected chi connectivity index (χ0v) is 14.9. The number of aromatic nitrogens is 2. The van der Waals surface area contributed by atoms with Gasteiger partial charge < -0.3 is 19.1 Å². The molecule has 3 aliphatic rings. The molecule has 0 bridgehead atoms. The molecule has 4 heterocycles. The van der Waals surface area contributed by atoms with Gasteiger partial charge in [0, 0.05) is 45.3 Å². The van der Waals surface area contributed by atoms with Crippen LogP contribution in [0.1, 0.15) is 32.1 Å². The standard InChI is InChI=1S/C19H29N3O3/c1-6-20-18(21-7-1)22-8-4-19(5-9-22)12-17(25-15-19)14-24-13-16-2-10-23-11-3-16/h1,6-7,16-17H,2-5,8-15H2. The fourth-order valence-corrected chi connectivity index (χ4v) is 4.27. The molecule has 1 aromatic rings. The number of hydrogen-bond donors (Lipinski definition) is 0.